The lowest BCUT2D eigenvalue weighted by atomic mass is 9.88. The predicted molar refractivity (Wildman–Crippen MR) is 153 cm³/mol. The van der Waals surface area contributed by atoms with E-state index in [1.165, 1.54) is 21.6 Å². The summed E-state index contributed by atoms with van der Waals surface area (Å²) < 4.78 is 2.22. The van der Waals surface area contributed by atoms with Crippen LogP contribution in [0.5, 0.6) is 0 Å². The minimum absolute atomic E-state index is 0.0687. The Balaban J connectivity index is 1.15. The minimum atomic E-state index is -0.353. The van der Waals surface area contributed by atoms with Gasteiger partial charge in [0.2, 0.25) is 5.91 Å². The van der Waals surface area contributed by atoms with Gasteiger partial charge in [-0.1, -0.05) is 54.1 Å². The molecule has 1 saturated carbocycles. The number of aryl methyl sites for hydroxylation is 2. The van der Waals surface area contributed by atoms with Crippen LogP contribution in [-0.4, -0.2) is 32.4 Å². The molecule has 3 heterocycles. The van der Waals surface area contributed by atoms with Gasteiger partial charge in [0.15, 0.2) is 5.82 Å². The molecule has 1 fully saturated rings. The van der Waals surface area contributed by atoms with Crippen molar-refractivity contribution in [3.8, 4) is 5.00 Å². The lowest BCUT2D eigenvalue weighted by Crippen LogP contribution is -2.42. The highest BCUT2D eigenvalue weighted by Gasteiger charge is 2.52. The summed E-state index contributed by atoms with van der Waals surface area (Å²) in [6.07, 6.45) is 6.29. The Hall–Kier alpha value is -3.29. The van der Waals surface area contributed by atoms with Crippen LogP contribution in [0.25, 0.3) is 5.00 Å². The first-order valence-electron chi connectivity index (χ1n) is 13.8. The van der Waals surface area contributed by atoms with Crippen LogP contribution < -0.4 is 5.32 Å². The van der Waals surface area contributed by atoms with E-state index in [1.807, 2.05) is 25.1 Å². The maximum Gasteiger partial charge on any atom is 0.224 e. The molecule has 0 radical (unpaired) electrons. The van der Waals surface area contributed by atoms with Gasteiger partial charge in [0, 0.05) is 33.0 Å². The minimum Gasteiger partial charge on any atom is -0.353 e. The number of nitrogens with zero attached hydrogens (tertiary/aromatic N) is 4. The molecule has 0 unspecified atom stereocenters. The van der Waals surface area contributed by atoms with Gasteiger partial charge in [0.1, 0.15) is 16.4 Å². The number of carbonyl (C=O) groups excluding carboxylic acids is 1. The molecule has 3 aliphatic carbocycles. The molecular weight excluding hydrogens is 526 g/mol. The van der Waals surface area contributed by atoms with Crippen molar-refractivity contribution in [2.45, 2.75) is 63.5 Å². The summed E-state index contributed by atoms with van der Waals surface area (Å²) in [7, 11) is 0. The Morgan fingerprint density at radius 3 is 2.67 bits per heavy atom. The van der Waals surface area contributed by atoms with Gasteiger partial charge in [-0.3, -0.25) is 14.4 Å². The molecule has 1 N–H and O–H groups in total. The average molecular weight is 554 g/mol. The van der Waals surface area contributed by atoms with Gasteiger partial charge < -0.3 is 5.32 Å². The third-order valence-electron chi connectivity index (χ3n) is 8.88. The Morgan fingerprint density at radius 2 is 1.85 bits per heavy atom. The highest BCUT2D eigenvalue weighted by Crippen LogP contribution is 2.54. The highest BCUT2D eigenvalue weighted by atomic mass is 35.5. The zero-order valence-electron chi connectivity index (χ0n) is 21.7. The zero-order chi connectivity index (χ0) is 26.3. The first-order chi connectivity index (χ1) is 19.0. The monoisotopic (exact) mass is 553 g/mol. The smallest absolute Gasteiger partial charge is 0.224 e. The normalized spacial score (nSPS) is 21.8. The first-order valence-corrected chi connectivity index (χ1v) is 15.0. The molecule has 2 aromatic heterocycles. The molecule has 196 valence electrons. The third-order valence-corrected chi connectivity index (χ3v) is 10.4. The van der Waals surface area contributed by atoms with Crippen LogP contribution in [0.4, 0.5) is 0 Å². The number of hydrogen-bond donors (Lipinski definition) is 1. The molecule has 4 aromatic rings. The van der Waals surface area contributed by atoms with E-state index in [4.69, 9.17) is 16.6 Å². The van der Waals surface area contributed by atoms with Crippen LogP contribution in [0, 0.1) is 12.8 Å². The Morgan fingerprint density at radius 1 is 1.05 bits per heavy atom. The van der Waals surface area contributed by atoms with Gasteiger partial charge in [0.25, 0.3) is 0 Å². The van der Waals surface area contributed by atoms with Gasteiger partial charge in [-0.25, -0.2) is 0 Å². The number of thiophene rings is 1. The Labute approximate surface area is 236 Å². The van der Waals surface area contributed by atoms with Crippen molar-refractivity contribution in [3.05, 3.63) is 97.9 Å². The highest BCUT2D eigenvalue weighted by molar-refractivity contribution is 7.15. The zero-order valence-corrected chi connectivity index (χ0v) is 23.3. The lowest BCUT2D eigenvalue weighted by Gasteiger charge is -2.26. The van der Waals surface area contributed by atoms with Crippen LogP contribution in [0.2, 0.25) is 5.02 Å². The summed E-state index contributed by atoms with van der Waals surface area (Å²) in [6, 6.07) is 16.8. The van der Waals surface area contributed by atoms with Crippen LogP contribution in [0.15, 0.2) is 53.5 Å². The second-order valence-electron chi connectivity index (χ2n) is 11.4. The molecule has 0 saturated heterocycles. The SMILES string of the molecule is Cc1nnc2n1-c1sc3c(c1C(c1ccccc1Cl)=NC21CC1)C[C@H](C(=O)N[C@H]1CCc2ccccc2C1)C3. The van der Waals surface area contributed by atoms with Crippen molar-refractivity contribution in [2.75, 3.05) is 0 Å². The van der Waals surface area contributed by atoms with Crippen LogP contribution >= 0.6 is 22.9 Å². The molecule has 8 rings (SSSR count). The number of carbonyl (C=O) groups is 1. The van der Waals surface area contributed by atoms with Crippen molar-refractivity contribution in [1.29, 1.82) is 0 Å². The maximum absolute atomic E-state index is 13.6. The van der Waals surface area contributed by atoms with Crippen LogP contribution in [-0.2, 0) is 36.0 Å². The summed E-state index contributed by atoms with van der Waals surface area (Å²) >= 11 is 8.54. The van der Waals surface area contributed by atoms with Gasteiger partial charge in [0.05, 0.1) is 5.71 Å². The van der Waals surface area contributed by atoms with E-state index in [1.54, 1.807) is 11.3 Å². The molecule has 1 amide bonds. The van der Waals surface area contributed by atoms with Gasteiger partial charge in [-0.2, -0.15) is 0 Å². The number of benzene rings is 2. The Bertz CT molecular complexity index is 1700. The Kier molecular flexibility index (Phi) is 5.20. The average Bonchev–Trinajstić information content (AvgIpc) is 3.28. The fourth-order valence-electron chi connectivity index (χ4n) is 6.68. The summed E-state index contributed by atoms with van der Waals surface area (Å²) in [5.41, 5.74) is 6.64. The largest absolute Gasteiger partial charge is 0.353 e. The molecule has 1 spiro atoms. The number of aromatic nitrogens is 3. The van der Waals surface area contributed by atoms with Crippen molar-refractivity contribution in [3.63, 3.8) is 0 Å². The van der Waals surface area contributed by atoms with Crippen LogP contribution in [0.3, 0.4) is 0 Å². The van der Waals surface area contributed by atoms with E-state index in [-0.39, 0.29) is 23.4 Å². The van der Waals surface area contributed by atoms with Gasteiger partial charge in [-0.15, -0.1) is 21.5 Å². The lowest BCUT2D eigenvalue weighted by molar-refractivity contribution is -0.125. The molecule has 6 nitrogen and oxygen atoms in total. The van der Waals surface area contributed by atoms with Crippen molar-refractivity contribution in [1.82, 2.24) is 20.1 Å². The van der Waals surface area contributed by atoms with Gasteiger partial charge >= 0.3 is 0 Å². The number of nitrogens with one attached hydrogen (secondary N) is 1. The van der Waals surface area contributed by atoms with Gasteiger partial charge in [-0.05, 0) is 74.6 Å². The number of rotatable bonds is 3. The summed E-state index contributed by atoms with van der Waals surface area (Å²) in [5.74, 6) is 1.90. The fraction of sp³-hybridized carbons (Fsp3) is 0.355. The second kappa shape index (κ2) is 8.60. The molecule has 1 aliphatic heterocycles. The van der Waals surface area contributed by atoms with Crippen molar-refractivity contribution in [2.24, 2.45) is 10.9 Å². The molecule has 8 heteroatoms. The van der Waals surface area contributed by atoms with E-state index in [0.717, 1.165) is 72.0 Å². The fourth-order valence-corrected chi connectivity index (χ4v) is 8.36. The summed E-state index contributed by atoms with van der Waals surface area (Å²) in [5, 5.41) is 14.3. The quantitative estimate of drug-likeness (QED) is 0.363. The third kappa shape index (κ3) is 3.66. The topological polar surface area (TPSA) is 72.2 Å². The van der Waals surface area contributed by atoms with E-state index in [9.17, 15) is 4.79 Å². The van der Waals surface area contributed by atoms with Crippen molar-refractivity contribution < 1.29 is 4.79 Å². The summed E-state index contributed by atoms with van der Waals surface area (Å²) in [6.45, 7) is 2.01. The number of fused-ring (bicyclic) bond motifs is 7. The van der Waals surface area contributed by atoms with E-state index < -0.39 is 0 Å². The molecule has 39 heavy (non-hydrogen) atoms. The van der Waals surface area contributed by atoms with E-state index in [2.05, 4.69) is 50.4 Å². The number of amides is 1. The molecule has 0 bridgehead atoms. The van der Waals surface area contributed by atoms with Crippen LogP contribution in [0.1, 0.15) is 63.6 Å². The van der Waals surface area contributed by atoms with Crippen molar-refractivity contribution >= 4 is 34.6 Å². The number of aliphatic imine (C=N–C) groups is 1. The standard InChI is InChI=1S/C31H28ClN5OS/c1-17-35-36-30-31(12-13-31)34-27(22-8-4-5-9-24(22)32)26-23-15-20(16-25(23)39-29(26)37(17)30)28(38)33-21-11-10-18-6-2-3-7-19(18)14-21/h2-9,20-21H,10-16H2,1H3,(H,33,38)/t20-,21-/m0/s1. The second-order valence-corrected chi connectivity index (χ2v) is 12.9. The number of hydrogen-bond acceptors (Lipinski definition) is 5. The number of halogens is 1. The van der Waals surface area contributed by atoms with E-state index in [0.29, 0.717) is 11.4 Å². The molecule has 2 atom stereocenters. The maximum atomic E-state index is 13.6. The molecular formula is C31H28ClN5OS. The summed E-state index contributed by atoms with van der Waals surface area (Å²) in [4.78, 5) is 20.2. The first kappa shape index (κ1) is 23.6. The van der Waals surface area contributed by atoms with E-state index >= 15 is 0 Å². The predicted octanol–water partition coefficient (Wildman–Crippen LogP) is 5.52. The molecule has 2 aromatic carbocycles. The molecule has 4 aliphatic rings.